The van der Waals surface area contributed by atoms with Gasteiger partial charge in [-0.1, -0.05) is 5.16 Å². The van der Waals surface area contributed by atoms with Crippen LogP contribution in [-0.2, 0) is 9.59 Å². The Hall–Kier alpha value is -2.77. The molecule has 0 saturated carbocycles. The molecule has 8 nitrogen and oxygen atoms in total. The number of carbonyl (C=O) groups excluding carboxylic acids is 2. The van der Waals surface area contributed by atoms with Gasteiger partial charge in [-0.3, -0.25) is 14.6 Å². The lowest BCUT2D eigenvalue weighted by Crippen LogP contribution is -2.47. The fourth-order valence-corrected chi connectivity index (χ4v) is 3.49. The summed E-state index contributed by atoms with van der Waals surface area (Å²) < 4.78 is 5.38. The highest BCUT2D eigenvalue weighted by atomic mass is 16.5. The minimum Gasteiger partial charge on any atom is -0.344 e. The number of carbonyl (C=O) groups is 2. The first kappa shape index (κ1) is 16.7. The van der Waals surface area contributed by atoms with Crippen LogP contribution in [0.15, 0.2) is 22.9 Å². The fraction of sp³-hybridized carbons (Fsp3) is 0.500. The predicted octanol–water partition coefficient (Wildman–Crippen LogP) is 1.42. The lowest BCUT2D eigenvalue weighted by atomic mass is 9.95. The lowest BCUT2D eigenvalue weighted by molar-refractivity contribution is -0.135. The van der Waals surface area contributed by atoms with Gasteiger partial charge in [-0.25, -0.2) is 0 Å². The largest absolute Gasteiger partial charge is 0.344 e. The lowest BCUT2D eigenvalue weighted by Gasteiger charge is -2.32. The number of nitrogens with zero attached hydrogens (tertiary/aromatic N) is 4. The van der Waals surface area contributed by atoms with Gasteiger partial charge in [0.15, 0.2) is 5.82 Å². The molecule has 136 valence electrons. The first-order valence-corrected chi connectivity index (χ1v) is 8.95. The van der Waals surface area contributed by atoms with Crippen molar-refractivity contribution in [1.82, 2.24) is 25.3 Å². The molecule has 4 heterocycles. The Morgan fingerprint density at radius 1 is 1.27 bits per heavy atom. The number of hydrogen-bond acceptors (Lipinski definition) is 6. The second-order valence-corrected chi connectivity index (χ2v) is 6.90. The Bertz CT molecular complexity index is 808. The molecule has 0 aliphatic carbocycles. The van der Waals surface area contributed by atoms with Gasteiger partial charge in [0.1, 0.15) is 6.04 Å². The summed E-state index contributed by atoms with van der Waals surface area (Å²) in [6.07, 6.45) is 4.33. The number of rotatable bonds is 3. The van der Waals surface area contributed by atoms with E-state index < -0.39 is 0 Å². The van der Waals surface area contributed by atoms with Gasteiger partial charge in [0, 0.05) is 37.3 Å². The molecule has 26 heavy (non-hydrogen) atoms. The summed E-state index contributed by atoms with van der Waals surface area (Å²) in [5.41, 5.74) is 1.74. The highest BCUT2D eigenvalue weighted by molar-refractivity contribution is 5.90. The van der Waals surface area contributed by atoms with Gasteiger partial charge in [-0.15, -0.1) is 0 Å². The molecule has 0 aromatic carbocycles. The molecule has 2 aromatic heterocycles. The first-order valence-electron chi connectivity index (χ1n) is 8.95. The summed E-state index contributed by atoms with van der Waals surface area (Å²) >= 11 is 0. The minimum absolute atomic E-state index is 0.0221. The number of aromatic nitrogens is 3. The summed E-state index contributed by atoms with van der Waals surface area (Å²) in [6.45, 7) is 3.22. The van der Waals surface area contributed by atoms with Gasteiger partial charge in [-0.05, 0) is 38.3 Å². The topological polar surface area (TPSA) is 101 Å². The fourth-order valence-electron chi connectivity index (χ4n) is 3.49. The van der Waals surface area contributed by atoms with E-state index in [9.17, 15) is 9.59 Å². The van der Waals surface area contributed by atoms with E-state index in [2.05, 4.69) is 20.4 Å². The molecule has 0 radical (unpaired) electrons. The zero-order valence-corrected chi connectivity index (χ0v) is 14.6. The van der Waals surface area contributed by atoms with Crippen LogP contribution in [0.4, 0.5) is 0 Å². The molecule has 2 saturated heterocycles. The third kappa shape index (κ3) is 3.31. The van der Waals surface area contributed by atoms with Crippen LogP contribution >= 0.6 is 0 Å². The van der Waals surface area contributed by atoms with Crippen LogP contribution in [0.2, 0.25) is 0 Å². The van der Waals surface area contributed by atoms with Gasteiger partial charge >= 0.3 is 0 Å². The molecule has 0 bridgehead atoms. The summed E-state index contributed by atoms with van der Waals surface area (Å²) in [5.74, 6) is 1.31. The van der Waals surface area contributed by atoms with E-state index in [-0.39, 0.29) is 23.8 Å². The molecule has 1 N–H and O–H groups in total. The Labute approximate surface area is 151 Å². The number of aryl methyl sites for hydroxylation is 1. The Balaban J connectivity index is 1.37. The number of nitrogens with one attached hydrogen (secondary N) is 1. The number of piperidine rings is 1. The molecule has 2 amide bonds. The summed E-state index contributed by atoms with van der Waals surface area (Å²) in [7, 11) is 0. The van der Waals surface area contributed by atoms with Crippen LogP contribution < -0.4 is 5.32 Å². The number of likely N-dealkylation sites (tertiary alicyclic amines) is 1. The van der Waals surface area contributed by atoms with Crippen LogP contribution in [0, 0.1) is 6.92 Å². The zero-order valence-electron chi connectivity index (χ0n) is 14.6. The third-order valence-electron chi connectivity index (χ3n) is 5.07. The third-order valence-corrected chi connectivity index (χ3v) is 5.07. The second kappa shape index (κ2) is 6.86. The smallest absolute Gasteiger partial charge is 0.259 e. The maximum Gasteiger partial charge on any atom is 0.259 e. The zero-order chi connectivity index (χ0) is 18.1. The molecule has 0 spiro atoms. The molecular weight excluding hydrogens is 334 g/mol. The average molecular weight is 355 g/mol. The molecule has 2 aromatic rings. The van der Waals surface area contributed by atoms with E-state index in [4.69, 9.17) is 4.52 Å². The van der Waals surface area contributed by atoms with Gasteiger partial charge in [0.05, 0.1) is 5.56 Å². The van der Waals surface area contributed by atoms with Crippen molar-refractivity contribution < 1.29 is 14.1 Å². The Kier molecular flexibility index (Phi) is 4.40. The molecular formula is C18H21N5O3. The predicted molar refractivity (Wildman–Crippen MR) is 92.0 cm³/mol. The average Bonchev–Trinajstić information content (AvgIpc) is 3.31. The van der Waals surface area contributed by atoms with E-state index >= 15 is 0 Å². The maximum atomic E-state index is 12.5. The van der Waals surface area contributed by atoms with Gasteiger partial charge in [0.25, 0.3) is 5.89 Å². The Morgan fingerprint density at radius 2 is 2.08 bits per heavy atom. The number of hydrogen-bond donors (Lipinski definition) is 1. The molecule has 2 aliphatic heterocycles. The monoisotopic (exact) mass is 355 g/mol. The summed E-state index contributed by atoms with van der Waals surface area (Å²) in [6, 6.07) is 3.46. The summed E-state index contributed by atoms with van der Waals surface area (Å²) in [5, 5.41) is 6.87. The molecule has 1 atom stereocenters. The van der Waals surface area contributed by atoms with Crippen molar-refractivity contribution in [2.24, 2.45) is 0 Å². The van der Waals surface area contributed by atoms with Crippen LogP contribution in [-0.4, -0.2) is 51.0 Å². The van der Waals surface area contributed by atoms with E-state index in [0.717, 1.165) is 24.1 Å². The highest BCUT2D eigenvalue weighted by Gasteiger charge is 2.33. The van der Waals surface area contributed by atoms with Crippen molar-refractivity contribution in [3.8, 4) is 11.5 Å². The highest BCUT2D eigenvalue weighted by Crippen LogP contribution is 2.28. The standard InChI is InChI=1S/C18H21N5O3/c1-11-2-3-13(10-19-11)17-21-16(22-26-17)12-6-8-23(9-7-12)18(25)14-4-5-15(24)20-14/h2-3,10,12,14H,4-9H2,1H3,(H,20,24). The quantitative estimate of drug-likeness (QED) is 0.894. The van der Waals surface area contributed by atoms with E-state index in [0.29, 0.717) is 37.6 Å². The van der Waals surface area contributed by atoms with Gasteiger partial charge < -0.3 is 14.7 Å². The van der Waals surface area contributed by atoms with Crippen molar-refractivity contribution in [2.45, 2.75) is 44.6 Å². The van der Waals surface area contributed by atoms with Crippen molar-refractivity contribution in [1.29, 1.82) is 0 Å². The van der Waals surface area contributed by atoms with Gasteiger partial charge in [0.2, 0.25) is 11.8 Å². The van der Waals surface area contributed by atoms with Crippen LogP contribution in [0.5, 0.6) is 0 Å². The van der Waals surface area contributed by atoms with Crippen LogP contribution in [0.1, 0.15) is 43.1 Å². The van der Waals surface area contributed by atoms with E-state index in [1.807, 2.05) is 24.0 Å². The Morgan fingerprint density at radius 3 is 2.73 bits per heavy atom. The normalized spacial score (nSPS) is 21.0. The molecule has 4 rings (SSSR count). The maximum absolute atomic E-state index is 12.5. The van der Waals surface area contributed by atoms with Crippen molar-refractivity contribution in [3.05, 3.63) is 29.8 Å². The number of pyridine rings is 1. The van der Waals surface area contributed by atoms with Crippen molar-refractivity contribution in [2.75, 3.05) is 13.1 Å². The summed E-state index contributed by atoms with van der Waals surface area (Å²) in [4.78, 5) is 34.4. The van der Waals surface area contributed by atoms with Crippen LogP contribution in [0.3, 0.4) is 0 Å². The molecule has 1 unspecified atom stereocenters. The van der Waals surface area contributed by atoms with Gasteiger partial charge in [-0.2, -0.15) is 4.98 Å². The van der Waals surface area contributed by atoms with E-state index in [1.54, 1.807) is 6.20 Å². The molecule has 8 heteroatoms. The van der Waals surface area contributed by atoms with Crippen molar-refractivity contribution in [3.63, 3.8) is 0 Å². The first-order chi connectivity index (χ1) is 12.6. The molecule has 2 fully saturated rings. The second-order valence-electron chi connectivity index (χ2n) is 6.90. The SMILES string of the molecule is Cc1ccc(-c2nc(C3CCN(C(=O)C4CCC(=O)N4)CC3)no2)cn1. The van der Waals surface area contributed by atoms with E-state index in [1.165, 1.54) is 0 Å². The van der Waals surface area contributed by atoms with Crippen LogP contribution in [0.25, 0.3) is 11.5 Å². The minimum atomic E-state index is -0.357. The molecule has 2 aliphatic rings. The van der Waals surface area contributed by atoms with Crippen molar-refractivity contribution >= 4 is 11.8 Å². The number of amides is 2.